The van der Waals surface area contributed by atoms with Crippen molar-refractivity contribution in [3.63, 3.8) is 0 Å². The SMILES string of the molecule is CC(C)CON.CCON.O.S.[2HH].[2HH].[2H][2H].[2H][2H].[2H][2H].[2H][2H].[2H][2H].[2H][2H].[2H][2H].[2H][2H].[2H][2H].[2H][2H].[2H][2H].[2H][2H]. The summed E-state index contributed by atoms with van der Waals surface area (Å²) < 4.78 is 120. The molecule has 0 spiro atoms. The first-order valence-electron chi connectivity index (χ1n) is 15.3. The highest BCUT2D eigenvalue weighted by Gasteiger charge is 1.86. The molecule has 0 aliphatic rings. The lowest BCUT2D eigenvalue weighted by atomic mass is 10.2. The van der Waals surface area contributed by atoms with E-state index in [1.165, 1.54) is 0 Å². The van der Waals surface area contributed by atoms with Crippen LogP contribution >= 0.6 is 13.5 Å². The maximum Gasteiger partial charge on any atom is 0.0702 e. The molecule has 0 aliphatic carbocycles. The first-order chi connectivity index (χ1) is 16.7. The molecule has 12 heavy (non-hydrogen) atoms. The monoisotopic (exact) mass is 257 g/mol. The maximum absolute atomic E-state index is 5.00. The van der Waals surface area contributed by atoms with Gasteiger partial charge in [-0.15, -0.1) is 0 Å². The van der Waals surface area contributed by atoms with Gasteiger partial charge in [0.2, 0.25) is 0 Å². The Hall–Kier alpha value is 0.150. The average Bonchev–Trinajstić information content (AvgIpc) is 3.01. The molecular formula is C6H50N2O3S. The minimum atomic E-state index is 0. The normalized spacial score (nSPS) is 15.5. The Morgan fingerprint density at radius 2 is 1.67 bits per heavy atom. The van der Waals surface area contributed by atoms with Crippen LogP contribution in [-0.2, 0) is 9.68 Å². The zero-order valence-electron chi connectivity index (χ0n) is 32.0. The van der Waals surface area contributed by atoms with Crippen molar-refractivity contribution >= 4 is 13.5 Å². The molecule has 0 amide bonds. The Morgan fingerprint density at radius 3 is 1.67 bits per heavy atom. The van der Waals surface area contributed by atoms with Crippen molar-refractivity contribution in [2.75, 3.05) is 13.2 Å². The molecule has 0 saturated heterocycles. The predicted molar refractivity (Wildman–Crippen MR) is 84.4 cm³/mol. The van der Waals surface area contributed by atoms with Gasteiger partial charge in [0.1, 0.15) is 0 Å². The van der Waals surface area contributed by atoms with E-state index in [9.17, 15) is 0 Å². The molecule has 6 heteroatoms. The molecule has 0 aromatic carbocycles. The first-order valence-corrected chi connectivity index (χ1v) is 3.32. The molecule has 6 N–H and O–H groups in total. The van der Waals surface area contributed by atoms with Crippen LogP contribution in [-0.4, -0.2) is 18.7 Å². The van der Waals surface area contributed by atoms with Gasteiger partial charge in [0.05, 0.1) is 13.2 Å². The van der Waals surface area contributed by atoms with Crippen LogP contribution in [0.4, 0.5) is 0 Å². The second-order valence-electron chi connectivity index (χ2n) is 2.18. The van der Waals surface area contributed by atoms with Crippen molar-refractivity contribution in [1.29, 1.82) is 0 Å². The van der Waals surface area contributed by atoms with Crippen LogP contribution in [0.5, 0.6) is 0 Å². The topological polar surface area (TPSA) is 102 Å². The Labute approximate surface area is 121 Å². The Morgan fingerprint density at radius 1 is 1.33 bits per heavy atom. The molecule has 0 rings (SSSR count). The van der Waals surface area contributed by atoms with Crippen LogP contribution in [0.3, 0.4) is 0 Å². The lowest BCUT2D eigenvalue weighted by molar-refractivity contribution is 0.112. The standard InChI is InChI=1S/C4H11NO.C2H7NO.H2O.H2S.14H2/c1-4(2)3-6-5;1-2-4-3;;;;;;;;;;;;;;;;/h4H,3,5H2,1-2H3;2-3H2,1H3;2*1H2;14*1H/i;;;;12*1+1D;2*1+1. The zero-order chi connectivity index (χ0) is 32.4. The third-order valence-electron chi connectivity index (χ3n) is 0.596. The molecule has 0 bridgehead atoms. The van der Waals surface area contributed by atoms with Gasteiger partial charge in [-0.05, 0) is 12.8 Å². The van der Waals surface area contributed by atoms with Crippen molar-refractivity contribution in [1.82, 2.24) is 0 Å². The molecule has 0 unspecified atom stereocenters. The van der Waals surface area contributed by atoms with Gasteiger partial charge in [0.15, 0.2) is 0 Å². The highest BCUT2D eigenvalue weighted by Crippen LogP contribution is 1.86. The molecule has 0 radical (unpaired) electrons. The second kappa shape index (κ2) is 22.5. The number of hydrogen-bond donors (Lipinski definition) is 2. The number of nitrogens with two attached hydrogens (primary N) is 2. The molecule has 0 aromatic rings. The van der Waals surface area contributed by atoms with Gasteiger partial charge in [-0.3, -0.25) is 0 Å². The van der Waals surface area contributed by atoms with E-state index in [4.69, 9.17) is 41.5 Å². The van der Waals surface area contributed by atoms with Crippen LogP contribution in [0.2, 0.25) is 0 Å². The lowest BCUT2D eigenvalue weighted by Gasteiger charge is -1.96. The van der Waals surface area contributed by atoms with E-state index in [0.29, 0.717) is 19.1 Å². The summed E-state index contributed by atoms with van der Waals surface area (Å²) in [6, 6.07) is 0. The van der Waals surface area contributed by atoms with E-state index >= 15 is 0 Å². The quantitative estimate of drug-likeness (QED) is 0.757. The summed E-state index contributed by atoms with van der Waals surface area (Å²) in [4.78, 5) is 8.34. The fourth-order valence-electron chi connectivity index (χ4n) is 0.192. The number of rotatable bonds is 3. The molecule has 0 aromatic heterocycles. The second-order valence-corrected chi connectivity index (χ2v) is 2.18. The van der Waals surface area contributed by atoms with Crippen LogP contribution in [0, 0.1) is 5.92 Å². The summed E-state index contributed by atoms with van der Waals surface area (Å²) in [5.41, 5.74) is 0. The molecule has 108 valence electrons. The van der Waals surface area contributed by atoms with Crippen molar-refractivity contribution in [2.24, 2.45) is 17.7 Å². The highest BCUT2D eigenvalue weighted by molar-refractivity contribution is 7.59. The van der Waals surface area contributed by atoms with Crippen molar-refractivity contribution < 1.29 is 53.6 Å². The van der Waals surface area contributed by atoms with Gasteiger partial charge >= 0.3 is 0 Å². The Bertz CT molecular complexity index is 90.2. The predicted octanol–water partition coefficient (Wildman–Crippen LogP) is 3.16. The third kappa shape index (κ3) is 49.3. The maximum atomic E-state index is 5.00. The fraction of sp³-hybridized carbons (Fsp3) is 1.00. The zero-order valence-corrected chi connectivity index (χ0v) is 8.96. The van der Waals surface area contributed by atoms with E-state index in [1.807, 2.05) is 20.8 Å². The summed E-state index contributed by atoms with van der Waals surface area (Å²) in [6.07, 6.45) is 0. The van der Waals surface area contributed by atoms with Gasteiger partial charge in [-0.2, -0.15) is 13.5 Å². The highest BCUT2D eigenvalue weighted by atomic mass is 32.1. The van der Waals surface area contributed by atoms with Crippen molar-refractivity contribution in [3.05, 3.63) is 0 Å². The van der Waals surface area contributed by atoms with Crippen molar-refractivity contribution in [3.8, 4) is 0 Å². The van der Waals surface area contributed by atoms with E-state index in [2.05, 4.69) is 15.6 Å². The fourth-order valence-corrected chi connectivity index (χ4v) is 0.192. The van der Waals surface area contributed by atoms with Crippen LogP contribution in [0.15, 0.2) is 0 Å². The van der Waals surface area contributed by atoms with Gasteiger partial charge in [-0.25, -0.2) is 11.8 Å². The van der Waals surface area contributed by atoms with Crippen LogP contribution < -0.4 is 11.8 Å². The van der Waals surface area contributed by atoms with Gasteiger partial charge in [0, 0.05) is 38.5 Å². The van der Waals surface area contributed by atoms with Crippen LogP contribution in [0.1, 0.15) is 59.3 Å². The summed E-state index contributed by atoms with van der Waals surface area (Å²) in [6.45, 7) is 7.18. The Balaban J connectivity index is -0.00000000722. The van der Waals surface area contributed by atoms with Gasteiger partial charge < -0.3 is 15.2 Å². The van der Waals surface area contributed by atoms with E-state index in [0.717, 1.165) is 0 Å². The summed E-state index contributed by atoms with van der Waals surface area (Å²) in [5, 5.41) is 0. The summed E-state index contributed by atoms with van der Waals surface area (Å²) >= 11 is 0. The largest absolute Gasteiger partial charge is 0.412 e. The Kier molecular flexibility index (Phi) is 6.97. The van der Waals surface area contributed by atoms with Crippen LogP contribution in [0.25, 0.3) is 0 Å². The minimum Gasteiger partial charge on any atom is -0.412 e. The lowest BCUT2D eigenvalue weighted by Crippen LogP contribution is -2.05. The van der Waals surface area contributed by atoms with Gasteiger partial charge in [0.25, 0.3) is 0 Å². The molecule has 0 aliphatic heterocycles. The molecule has 0 fully saturated rings. The molecular weight excluding hydrogens is 180 g/mol. The molecule has 0 saturated carbocycles. The number of hydrogen-bond acceptors (Lipinski definition) is 4. The van der Waals surface area contributed by atoms with E-state index in [-0.39, 0.29) is 21.8 Å². The minimum absolute atomic E-state index is 0. The molecule has 0 atom stereocenters. The average molecular weight is 257 g/mol. The molecule has 0 heterocycles. The van der Waals surface area contributed by atoms with E-state index in [1.54, 1.807) is 0 Å². The van der Waals surface area contributed by atoms with Gasteiger partial charge in [-0.1, -0.05) is 13.8 Å². The summed E-state index contributed by atoms with van der Waals surface area (Å²) in [5.74, 6) is 9.81. The molecule has 5 nitrogen and oxygen atoms in total. The summed E-state index contributed by atoms with van der Waals surface area (Å²) in [7, 11) is 0. The third-order valence-corrected chi connectivity index (χ3v) is 0.596. The smallest absolute Gasteiger partial charge is 0.0702 e. The van der Waals surface area contributed by atoms with Crippen molar-refractivity contribution in [2.45, 2.75) is 20.8 Å². The van der Waals surface area contributed by atoms with E-state index < -0.39 is 0 Å². The first kappa shape index (κ1) is 3.72.